The van der Waals surface area contributed by atoms with Crippen LogP contribution in [0.2, 0.25) is 0 Å². The summed E-state index contributed by atoms with van der Waals surface area (Å²) in [5.41, 5.74) is 0.507. The molecule has 7 heteroatoms. The summed E-state index contributed by atoms with van der Waals surface area (Å²) < 4.78 is 26.9. The monoisotopic (exact) mass is 309 g/mol. The molecule has 1 saturated heterocycles. The summed E-state index contributed by atoms with van der Waals surface area (Å²) in [6.07, 6.45) is 3.58. The van der Waals surface area contributed by atoms with Crippen LogP contribution in [0.1, 0.15) is 25.7 Å². The number of hydrogen-bond donors (Lipinski definition) is 3. The van der Waals surface area contributed by atoms with Gasteiger partial charge in [0.05, 0.1) is 10.9 Å². The van der Waals surface area contributed by atoms with Crippen molar-refractivity contribution in [3.63, 3.8) is 0 Å². The maximum absolute atomic E-state index is 12.1. The molecule has 0 spiro atoms. The number of hydrogen-bond acceptors (Lipinski definition) is 4. The Hall–Kier alpha value is -1.44. The Morgan fingerprint density at radius 3 is 2.71 bits per heavy atom. The molecule has 0 unspecified atom stereocenters. The van der Waals surface area contributed by atoms with E-state index in [9.17, 15) is 13.2 Å². The molecule has 1 aromatic carbocycles. The summed E-state index contributed by atoms with van der Waals surface area (Å²) in [5.74, 6) is -0.114. The summed E-state index contributed by atoms with van der Waals surface area (Å²) >= 11 is 0. The third-order valence-corrected chi connectivity index (χ3v) is 5.21. The molecule has 0 radical (unpaired) electrons. The predicted molar refractivity (Wildman–Crippen MR) is 79.4 cm³/mol. The molecule has 1 atom stereocenters. The van der Waals surface area contributed by atoms with Crippen molar-refractivity contribution in [1.82, 2.24) is 10.0 Å². The van der Waals surface area contributed by atoms with Gasteiger partial charge in [-0.1, -0.05) is 6.07 Å². The molecular weight excluding hydrogens is 290 g/mol. The maximum Gasteiger partial charge on any atom is 0.241 e. The largest absolute Gasteiger partial charge is 0.325 e. The van der Waals surface area contributed by atoms with E-state index in [0.29, 0.717) is 5.69 Å². The van der Waals surface area contributed by atoms with Crippen LogP contribution in [0.5, 0.6) is 0 Å². The number of amides is 1. The predicted octanol–water partition coefficient (Wildman–Crippen LogP) is 0.818. The van der Waals surface area contributed by atoms with Crippen molar-refractivity contribution in [2.24, 2.45) is 0 Å². The number of anilines is 1. The summed E-state index contributed by atoms with van der Waals surface area (Å²) in [6.45, 7) is 0.845. The fourth-order valence-electron chi connectivity index (χ4n) is 2.37. The molecule has 1 aliphatic heterocycles. The Bertz CT molecular complexity index is 635. The summed E-state index contributed by atoms with van der Waals surface area (Å²) in [4.78, 5) is 12.2. The molecule has 1 saturated carbocycles. The van der Waals surface area contributed by atoms with E-state index < -0.39 is 10.0 Å². The van der Waals surface area contributed by atoms with Gasteiger partial charge in [-0.05, 0) is 50.4 Å². The van der Waals surface area contributed by atoms with Crippen molar-refractivity contribution < 1.29 is 13.2 Å². The number of carbonyl (C=O) groups excluding carboxylic acids is 1. The number of benzene rings is 1. The second-order valence-corrected chi connectivity index (χ2v) is 7.28. The maximum atomic E-state index is 12.1. The van der Waals surface area contributed by atoms with E-state index in [-0.39, 0.29) is 22.9 Å². The van der Waals surface area contributed by atoms with Gasteiger partial charge in [-0.2, -0.15) is 0 Å². The highest BCUT2D eigenvalue weighted by Gasteiger charge is 2.28. The number of sulfonamides is 1. The van der Waals surface area contributed by atoms with Gasteiger partial charge in [0.1, 0.15) is 0 Å². The van der Waals surface area contributed by atoms with Crippen LogP contribution >= 0.6 is 0 Å². The average molecular weight is 309 g/mol. The van der Waals surface area contributed by atoms with Gasteiger partial charge >= 0.3 is 0 Å². The van der Waals surface area contributed by atoms with Crippen LogP contribution in [-0.2, 0) is 14.8 Å². The molecule has 1 heterocycles. The zero-order valence-electron chi connectivity index (χ0n) is 11.6. The van der Waals surface area contributed by atoms with E-state index in [1.165, 1.54) is 12.1 Å². The van der Waals surface area contributed by atoms with Gasteiger partial charge in [0, 0.05) is 11.7 Å². The second-order valence-electron chi connectivity index (χ2n) is 5.56. The van der Waals surface area contributed by atoms with Crippen LogP contribution in [0, 0.1) is 0 Å². The van der Waals surface area contributed by atoms with Gasteiger partial charge in [-0.3, -0.25) is 4.79 Å². The lowest BCUT2D eigenvalue weighted by Crippen LogP contribution is -2.35. The van der Waals surface area contributed by atoms with E-state index in [2.05, 4.69) is 15.4 Å². The highest BCUT2D eigenvalue weighted by Crippen LogP contribution is 2.23. The average Bonchev–Trinajstić information content (AvgIpc) is 3.08. The Morgan fingerprint density at radius 2 is 2.05 bits per heavy atom. The van der Waals surface area contributed by atoms with Crippen molar-refractivity contribution >= 4 is 21.6 Å². The molecule has 3 N–H and O–H groups in total. The molecule has 2 aliphatic rings. The molecule has 0 bridgehead atoms. The molecule has 0 aromatic heterocycles. The Labute approximate surface area is 124 Å². The molecule has 114 valence electrons. The van der Waals surface area contributed by atoms with Gasteiger partial charge < -0.3 is 10.6 Å². The molecule has 1 aliphatic carbocycles. The van der Waals surface area contributed by atoms with Crippen molar-refractivity contribution in [3.8, 4) is 0 Å². The third-order valence-electron chi connectivity index (χ3n) is 3.69. The van der Waals surface area contributed by atoms with Gasteiger partial charge in [-0.15, -0.1) is 0 Å². The van der Waals surface area contributed by atoms with E-state index in [1.807, 2.05) is 0 Å². The lowest BCUT2D eigenvalue weighted by atomic mass is 10.2. The third kappa shape index (κ3) is 3.61. The van der Waals surface area contributed by atoms with E-state index >= 15 is 0 Å². The second kappa shape index (κ2) is 5.75. The minimum absolute atomic E-state index is 0.0657. The van der Waals surface area contributed by atoms with E-state index in [4.69, 9.17) is 0 Å². The van der Waals surface area contributed by atoms with E-state index in [1.54, 1.807) is 12.1 Å². The smallest absolute Gasteiger partial charge is 0.241 e. The van der Waals surface area contributed by atoms with Crippen LogP contribution in [-0.4, -0.2) is 33.0 Å². The van der Waals surface area contributed by atoms with Crippen molar-refractivity contribution in [3.05, 3.63) is 24.3 Å². The Morgan fingerprint density at radius 1 is 1.24 bits per heavy atom. The van der Waals surface area contributed by atoms with E-state index in [0.717, 1.165) is 32.2 Å². The zero-order chi connectivity index (χ0) is 14.9. The van der Waals surface area contributed by atoms with Crippen LogP contribution in [0.4, 0.5) is 5.69 Å². The van der Waals surface area contributed by atoms with Crippen LogP contribution < -0.4 is 15.4 Å². The highest BCUT2D eigenvalue weighted by molar-refractivity contribution is 7.89. The zero-order valence-corrected chi connectivity index (χ0v) is 12.4. The van der Waals surface area contributed by atoms with Gasteiger partial charge in [0.2, 0.25) is 15.9 Å². The van der Waals surface area contributed by atoms with Gasteiger partial charge in [-0.25, -0.2) is 13.1 Å². The van der Waals surface area contributed by atoms with Crippen molar-refractivity contribution in [2.45, 2.75) is 42.7 Å². The normalized spacial score (nSPS) is 22.2. The highest BCUT2D eigenvalue weighted by atomic mass is 32.2. The summed E-state index contributed by atoms with van der Waals surface area (Å²) in [6, 6.07) is 6.25. The summed E-state index contributed by atoms with van der Waals surface area (Å²) in [5, 5.41) is 5.88. The quantitative estimate of drug-likeness (QED) is 0.751. The summed E-state index contributed by atoms with van der Waals surface area (Å²) in [7, 11) is -3.49. The standard InChI is InChI=1S/C14H19N3O3S/c18-14(13-5-2-8-15-13)16-11-3-1-4-12(9-11)21(19,20)17-10-6-7-10/h1,3-4,9-10,13,15,17H,2,5-8H2,(H,16,18)/t13-/m1/s1. The first-order chi connectivity index (χ1) is 10.0. The molecule has 6 nitrogen and oxygen atoms in total. The lowest BCUT2D eigenvalue weighted by Gasteiger charge is -2.12. The fourth-order valence-corrected chi connectivity index (χ4v) is 3.72. The molecular formula is C14H19N3O3S. The first kappa shape index (κ1) is 14.5. The van der Waals surface area contributed by atoms with Gasteiger partial charge in [0.15, 0.2) is 0 Å². The molecule has 1 amide bonds. The Kier molecular flexibility index (Phi) is 3.97. The van der Waals surface area contributed by atoms with Gasteiger partial charge in [0.25, 0.3) is 0 Å². The van der Waals surface area contributed by atoms with Crippen LogP contribution in [0.15, 0.2) is 29.2 Å². The first-order valence-electron chi connectivity index (χ1n) is 7.21. The molecule has 21 heavy (non-hydrogen) atoms. The number of rotatable bonds is 5. The molecule has 2 fully saturated rings. The van der Waals surface area contributed by atoms with Crippen molar-refractivity contribution in [2.75, 3.05) is 11.9 Å². The fraction of sp³-hybridized carbons (Fsp3) is 0.500. The SMILES string of the molecule is O=C(Nc1cccc(S(=O)(=O)NC2CC2)c1)[C@H]1CCCN1. The molecule has 3 rings (SSSR count). The minimum atomic E-state index is -3.49. The molecule has 1 aromatic rings. The lowest BCUT2D eigenvalue weighted by molar-refractivity contribution is -0.117. The minimum Gasteiger partial charge on any atom is -0.325 e. The van der Waals surface area contributed by atoms with Crippen LogP contribution in [0.3, 0.4) is 0 Å². The van der Waals surface area contributed by atoms with Crippen molar-refractivity contribution in [1.29, 1.82) is 0 Å². The van der Waals surface area contributed by atoms with Crippen LogP contribution in [0.25, 0.3) is 0 Å². The Balaban J connectivity index is 1.71. The first-order valence-corrected chi connectivity index (χ1v) is 8.69. The number of carbonyl (C=O) groups is 1. The number of nitrogens with one attached hydrogen (secondary N) is 3. The topological polar surface area (TPSA) is 87.3 Å².